The molecule has 2 fully saturated rings. The highest BCUT2D eigenvalue weighted by atomic mass is 19.3. The van der Waals surface area contributed by atoms with Gasteiger partial charge in [0, 0.05) is 49.6 Å². The maximum Gasteiger partial charge on any atom is 0.280 e. The molecule has 0 bridgehead atoms. The van der Waals surface area contributed by atoms with Crippen molar-refractivity contribution in [1.29, 1.82) is 0 Å². The number of fused-ring (bicyclic) bond motifs is 1. The van der Waals surface area contributed by atoms with E-state index in [1.165, 1.54) is 18.2 Å². The SMILES string of the molecule is CC1(COc2cc3nc(C4CCOCC4)cn3cc2NC(=O)c2cccc(C(F)F)n2)CCOC1. The molecule has 2 saturated heterocycles. The number of aromatic nitrogens is 3. The fourth-order valence-corrected chi connectivity index (χ4v) is 4.40. The molecular formula is C25H28F2N4O4. The Morgan fingerprint density at radius 1 is 1.23 bits per heavy atom. The molecule has 0 spiro atoms. The normalized spacial score (nSPS) is 21.0. The highest BCUT2D eigenvalue weighted by molar-refractivity contribution is 6.03. The third-order valence-corrected chi connectivity index (χ3v) is 6.56. The number of carbonyl (C=O) groups is 1. The molecule has 186 valence electrons. The zero-order valence-corrected chi connectivity index (χ0v) is 19.5. The molecule has 1 atom stereocenters. The number of anilines is 1. The summed E-state index contributed by atoms with van der Waals surface area (Å²) in [7, 11) is 0. The number of alkyl halides is 2. The third kappa shape index (κ3) is 5.28. The van der Waals surface area contributed by atoms with Crippen LogP contribution in [0, 0.1) is 5.41 Å². The molecule has 10 heteroatoms. The number of imidazole rings is 1. The third-order valence-electron chi connectivity index (χ3n) is 6.56. The predicted molar refractivity (Wildman–Crippen MR) is 124 cm³/mol. The average molecular weight is 487 g/mol. The molecule has 3 aromatic heterocycles. The summed E-state index contributed by atoms with van der Waals surface area (Å²) in [6.45, 7) is 5.19. The van der Waals surface area contributed by atoms with Crippen molar-refractivity contribution in [3.63, 3.8) is 0 Å². The van der Waals surface area contributed by atoms with Gasteiger partial charge in [-0.05, 0) is 31.4 Å². The van der Waals surface area contributed by atoms with Gasteiger partial charge in [0.1, 0.15) is 28.5 Å². The van der Waals surface area contributed by atoms with E-state index in [4.69, 9.17) is 19.2 Å². The molecule has 2 aliphatic rings. The van der Waals surface area contributed by atoms with Gasteiger partial charge in [-0.1, -0.05) is 13.0 Å². The molecule has 1 amide bonds. The van der Waals surface area contributed by atoms with Crippen LogP contribution in [0.3, 0.4) is 0 Å². The van der Waals surface area contributed by atoms with Crippen LogP contribution in [0.4, 0.5) is 14.5 Å². The summed E-state index contributed by atoms with van der Waals surface area (Å²) in [5.41, 5.74) is 1.39. The summed E-state index contributed by atoms with van der Waals surface area (Å²) in [6, 6.07) is 5.77. The lowest BCUT2D eigenvalue weighted by Crippen LogP contribution is -2.25. The van der Waals surface area contributed by atoms with Gasteiger partial charge in [-0.2, -0.15) is 0 Å². The Bertz CT molecular complexity index is 1200. The van der Waals surface area contributed by atoms with Crippen molar-refractivity contribution >= 4 is 17.2 Å². The van der Waals surface area contributed by atoms with E-state index in [1.54, 1.807) is 12.3 Å². The second kappa shape index (κ2) is 9.87. The van der Waals surface area contributed by atoms with Crippen molar-refractivity contribution in [3.8, 4) is 5.75 Å². The maximum atomic E-state index is 13.1. The fraction of sp³-hybridized carbons (Fsp3) is 0.480. The van der Waals surface area contributed by atoms with Crippen LogP contribution in [0.15, 0.2) is 36.7 Å². The van der Waals surface area contributed by atoms with Crippen molar-refractivity contribution in [1.82, 2.24) is 14.4 Å². The molecule has 5 rings (SSSR count). The molecule has 0 aromatic carbocycles. The molecule has 0 radical (unpaired) electrons. The molecule has 1 N–H and O–H groups in total. The Morgan fingerprint density at radius 2 is 2.06 bits per heavy atom. The lowest BCUT2D eigenvalue weighted by atomic mass is 9.91. The summed E-state index contributed by atoms with van der Waals surface area (Å²) in [6.07, 6.45) is 3.61. The number of carbonyl (C=O) groups excluding carboxylic acids is 1. The van der Waals surface area contributed by atoms with Crippen LogP contribution >= 0.6 is 0 Å². The summed E-state index contributed by atoms with van der Waals surface area (Å²) in [5, 5.41) is 2.79. The minimum atomic E-state index is -2.76. The quantitative estimate of drug-likeness (QED) is 0.525. The van der Waals surface area contributed by atoms with Crippen LogP contribution in [0.5, 0.6) is 5.75 Å². The minimum absolute atomic E-state index is 0.0986. The van der Waals surface area contributed by atoms with Gasteiger partial charge in [0.2, 0.25) is 0 Å². The second-order valence-electron chi connectivity index (χ2n) is 9.47. The Labute approximate surface area is 201 Å². The van der Waals surface area contributed by atoms with E-state index in [1.807, 2.05) is 10.6 Å². The van der Waals surface area contributed by atoms with Crippen LogP contribution in [0.2, 0.25) is 0 Å². The molecule has 2 aliphatic heterocycles. The number of nitrogens with one attached hydrogen (secondary N) is 1. The van der Waals surface area contributed by atoms with Crippen molar-refractivity contribution in [3.05, 3.63) is 53.7 Å². The Hall–Kier alpha value is -3.11. The summed E-state index contributed by atoms with van der Waals surface area (Å²) < 4.78 is 45.2. The highest BCUT2D eigenvalue weighted by Gasteiger charge is 2.31. The van der Waals surface area contributed by atoms with Gasteiger partial charge in [-0.3, -0.25) is 4.79 Å². The Morgan fingerprint density at radius 3 is 2.80 bits per heavy atom. The smallest absolute Gasteiger partial charge is 0.280 e. The fourth-order valence-electron chi connectivity index (χ4n) is 4.40. The first-order valence-corrected chi connectivity index (χ1v) is 11.8. The first kappa shape index (κ1) is 23.6. The van der Waals surface area contributed by atoms with E-state index in [2.05, 4.69) is 17.2 Å². The van der Waals surface area contributed by atoms with Gasteiger partial charge in [0.15, 0.2) is 0 Å². The predicted octanol–water partition coefficient (Wildman–Crippen LogP) is 4.62. The number of hydrogen-bond donors (Lipinski definition) is 1. The summed E-state index contributed by atoms with van der Waals surface area (Å²) >= 11 is 0. The number of ether oxygens (including phenoxy) is 3. The van der Waals surface area contributed by atoms with Gasteiger partial charge in [-0.15, -0.1) is 0 Å². The van der Waals surface area contributed by atoms with Crippen LogP contribution in [0.25, 0.3) is 5.65 Å². The lowest BCUT2D eigenvalue weighted by molar-refractivity contribution is 0.0846. The molecule has 3 aromatic rings. The van der Waals surface area contributed by atoms with Crippen molar-refractivity contribution in [2.75, 3.05) is 38.4 Å². The number of nitrogens with zero attached hydrogens (tertiary/aromatic N) is 3. The van der Waals surface area contributed by atoms with Crippen LogP contribution < -0.4 is 10.1 Å². The molecular weight excluding hydrogens is 458 g/mol. The zero-order chi connectivity index (χ0) is 24.4. The van der Waals surface area contributed by atoms with E-state index >= 15 is 0 Å². The first-order valence-electron chi connectivity index (χ1n) is 11.8. The number of amides is 1. The van der Waals surface area contributed by atoms with Crippen molar-refractivity contribution < 1.29 is 27.8 Å². The number of halogens is 2. The number of pyridine rings is 2. The van der Waals surface area contributed by atoms with E-state index < -0.39 is 18.0 Å². The average Bonchev–Trinajstić information content (AvgIpc) is 3.49. The molecule has 1 unspecified atom stereocenters. The minimum Gasteiger partial charge on any atom is -0.491 e. The molecule has 5 heterocycles. The lowest BCUT2D eigenvalue weighted by Gasteiger charge is -2.23. The van der Waals surface area contributed by atoms with Gasteiger partial charge in [0.25, 0.3) is 12.3 Å². The van der Waals surface area contributed by atoms with E-state index in [0.29, 0.717) is 56.0 Å². The molecule has 35 heavy (non-hydrogen) atoms. The molecule has 8 nitrogen and oxygen atoms in total. The maximum absolute atomic E-state index is 13.1. The van der Waals surface area contributed by atoms with Crippen LogP contribution in [0.1, 0.15) is 60.4 Å². The van der Waals surface area contributed by atoms with Crippen LogP contribution in [-0.2, 0) is 9.47 Å². The Kier molecular flexibility index (Phi) is 6.66. The zero-order valence-electron chi connectivity index (χ0n) is 19.5. The van der Waals surface area contributed by atoms with E-state index in [-0.39, 0.29) is 11.1 Å². The van der Waals surface area contributed by atoms with Gasteiger partial charge >= 0.3 is 0 Å². The van der Waals surface area contributed by atoms with Gasteiger partial charge < -0.3 is 23.9 Å². The van der Waals surface area contributed by atoms with Gasteiger partial charge in [-0.25, -0.2) is 18.7 Å². The first-order chi connectivity index (χ1) is 16.9. The van der Waals surface area contributed by atoms with E-state index in [0.717, 1.165) is 25.0 Å². The van der Waals surface area contributed by atoms with Crippen molar-refractivity contribution in [2.45, 2.75) is 38.5 Å². The van der Waals surface area contributed by atoms with Crippen LogP contribution in [-0.4, -0.2) is 53.3 Å². The molecule has 0 aliphatic carbocycles. The Balaban J connectivity index is 1.45. The summed E-state index contributed by atoms with van der Waals surface area (Å²) in [5.74, 6) is 0.159. The van der Waals surface area contributed by atoms with Crippen molar-refractivity contribution in [2.24, 2.45) is 5.41 Å². The standard InChI is InChI=1S/C25H28F2N4O4/c1-25(7-10-34-14-25)15-35-21-11-22-29-19(16-5-8-33-9-6-16)12-31(22)13-20(21)30-24(32)18-4-2-3-17(28-18)23(26)27/h2-4,11-13,16,23H,5-10,14-15H2,1H3,(H,30,32). The highest BCUT2D eigenvalue weighted by Crippen LogP contribution is 2.34. The number of rotatable bonds is 7. The number of hydrogen-bond acceptors (Lipinski definition) is 6. The summed E-state index contributed by atoms with van der Waals surface area (Å²) in [4.78, 5) is 21.5. The van der Waals surface area contributed by atoms with E-state index in [9.17, 15) is 13.6 Å². The second-order valence-corrected chi connectivity index (χ2v) is 9.47. The van der Waals surface area contributed by atoms with Gasteiger partial charge in [0.05, 0.1) is 18.9 Å². The molecule has 0 saturated carbocycles. The largest absolute Gasteiger partial charge is 0.491 e. The topological polar surface area (TPSA) is 87.0 Å². The monoisotopic (exact) mass is 486 g/mol.